The number of anilines is 2. The van der Waals surface area contributed by atoms with Crippen molar-refractivity contribution in [2.45, 2.75) is 39.0 Å². The van der Waals surface area contributed by atoms with E-state index in [-0.39, 0.29) is 17.7 Å². The molecule has 34 heavy (non-hydrogen) atoms. The van der Waals surface area contributed by atoms with Crippen molar-refractivity contribution < 1.29 is 14.4 Å². The lowest BCUT2D eigenvalue weighted by Gasteiger charge is -2.18. The molecule has 2 N–H and O–H groups in total. The van der Waals surface area contributed by atoms with E-state index in [1.54, 1.807) is 53.8 Å². The maximum Gasteiger partial charge on any atom is 0.255 e. The zero-order valence-electron chi connectivity index (χ0n) is 19.3. The third kappa shape index (κ3) is 5.91. The Morgan fingerprint density at radius 1 is 0.971 bits per heavy atom. The molecule has 3 aromatic rings. The van der Waals surface area contributed by atoms with Crippen LogP contribution in [-0.4, -0.2) is 35.7 Å². The fourth-order valence-electron chi connectivity index (χ4n) is 4.13. The summed E-state index contributed by atoms with van der Waals surface area (Å²) in [7, 11) is 0. The molecule has 1 aliphatic heterocycles. The van der Waals surface area contributed by atoms with Crippen LogP contribution in [0.1, 0.15) is 56.8 Å². The highest BCUT2D eigenvalue weighted by atomic mass is 32.1. The first kappa shape index (κ1) is 23.7. The molecular formula is C27H29N3O3S. The smallest absolute Gasteiger partial charge is 0.255 e. The molecule has 0 saturated carbocycles. The van der Waals surface area contributed by atoms with Crippen LogP contribution in [0.3, 0.4) is 0 Å². The number of nitrogens with zero attached hydrogens (tertiary/aromatic N) is 1. The van der Waals surface area contributed by atoms with Crippen LogP contribution in [0.4, 0.5) is 11.4 Å². The van der Waals surface area contributed by atoms with Crippen molar-refractivity contribution in [1.82, 2.24) is 4.90 Å². The molecule has 4 rings (SSSR count). The summed E-state index contributed by atoms with van der Waals surface area (Å²) in [5.74, 6) is -0.351. The van der Waals surface area contributed by atoms with Crippen molar-refractivity contribution in [2.24, 2.45) is 0 Å². The van der Waals surface area contributed by atoms with E-state index in [0.717, 1.165) is 44.3 Å². The van der Waals surface area contributed by atoms with Gasteiger partial charge in [0.15, 0.2) is 0 Å². The lowest BCUT2D eigenvalue weighted by molar-refractivity contribution is -0.116. The topological polar surface area (TPSA) is 78.5 Å². The Hall–Kier alpha value is -3.45. The van der Waals surface area contributed by atoms with Gasteiger partial charge in [-0.25, -0.2) is 0 Å². The summed E-state index contributed by atoms with van der Waals surface area (Å²) in [4.78, 5) is 41.2. The molecule has 1 aromatic heterocycles. The van der Waals surface area contributed by atoms with Gasteiger partial charge in [0.2, 0.25) is 5.91 Å². The van der Waals surface area contributed by atoms with Crippen molar-refractivity contribution in [1.29, 1.82) is 0 Å². The molecule has 1 aliphatic rings. The SMILES string of the molecule is Cc1c(NC(=O)c2cccc(NC(=O)CCCc3cccs3)c2)cccc1C(=O)N1CCCC1. The van der Waals surface area contributed by atoms with Gasteiger partial charge in [-0.15, -0.1) is 11.3 Å². The largest absolute Gasteiger partial charge is 0.339 e. The summed E-state index contributed by atoms with van der Waals surface area (Å²) in [5, 5.41) is 7.84. The van der Waals surface area contributed by atoms with Gasteiger partial charge in [-0.2, -0.15) is 0 Å². The number of carbonyl (C=O) groups excluding carboxylic acids is 3. The van der Waals surface area contributed by atoms with E-state index in [9.17, 15) is 14.4 Å². The zero-order chi connectivity index (χ0) is 23.9. The molecule has 0 bridgehead atoms. The quantitative estimate of drug-likeness (QED) is 0.451. The predicted octanol–water partition coefficient (Wildman–Crippen LogP) is 5.51. The van der Waals surface area contributed by atoms with Crippen molar-refractivity contribution >= 4 is 40.4 Å². The molecule has 6 nitrogen and oxygen atoms in total. The minimum absolute atomic E-state index is 0.00915. The second kappa shape index (κ2) is 11.1. The first-order valence-corrected chi connectivity index (χ1v) is 12.5. The van der Waals surface area contributed by atoms with Gasteiger partial charge < -0.3 is 15.5 Å². The highest BCUT2D eigenvalue weighted by Gasteiger charge is 2.22. The number of nitrogens with one attached hydrogen (secondary N) is 2. The number of thiophene rings is 1. The molecule has 2 heterocycles. The highest BCUT2D eigenvalue weighted by Crippen LogP contribution is 2.23. The number of carbonyl (C=O) groups is 3. The average Bonchev–Trinajstić information content (AvgIpc) is 3.55. The fourth-order valence-corrected chi connectivity index (χ4v) is 4.88. The molecular weight excluding hydrogens is 446 g/mol. The van der Waals surface area contributed by atoms with Crippen LogP contribution in [0.2, 0.25) is 0 Å². The molecule has 3 amide bonds. The fraction of sp³-hybridized carbons (Fsp3) is 0.296. The van der Waals surface area contributed by atoms with E-state index < -0.39 is 0 Å². The van der Waals surface area contributed by atoms with Crippen LogP contribution in [-0.2, 0) is 11.2 Å². The number of aryl methyl sites for hydroxylation is 1. The summed E-state index contributed by atoms with van der Waals surface area (Å²) in [6.07, 6.45) is 4.14. The molecule has 2 aromatic carbocycles. The van der Waals surface area contributed by atoms with Gasteiger partial charge in [0.1, 0.15) is 0 Å². The molecule has 176 valence electrons. The molecule has 1 fully saturated rings. The van der Waals surface area contributed by atoms with Gasteiger partial charge in [0.25, 0.3) is 11.8 Å². The normalized spacial score (nSPS) is 13.0. The van der Waals surface area contributed by atoms with E-state index >= 15 is 0 Å². The first-order chi connectivity index (χ1) is 16.5. The molecule has 0 aliphatic carbocycles. The minimum Gasteiger partial charge on any atom is -0.339 e. The van der Waals surface area contributed by atoms with Gasteiger partial charge in [-0.05, 0) is 79.9 Å². The lowest BCUT2D eigenvalue weighted by Crippen LogP contribution is -2.28. The van der Waals surface area contributed by atoms with Crippen molar-refractivity contribution in [3.63, 3.8) is 0 Å². The first-order valence-electron chi connectivity index (χ1n) is 11.6. The highest BCUT2D eigenvalue weighted by molar-refractivity contribution is 7.09. The number of likely N-dealkylation sites (tertiary alicyclic amines) is 1. The van der Waals surface area contributed by atoms with E-state index in [4.69, 9.17) is 0 Å². The van der Waals surface area contributed by atoms with Gasteiger partial charge in [-0.1, -0.05) is 18.2 Å². The Labute approximate surface area is 204 Å². The van der Waals surface area contributed by atoms with E-state index in [2.05, 4.69) is 16.7 Å². The zero-order valence-corrected chi connectivity index (χ0v) is 20.1. The molecule has 0 spiro atoms. The van der Waals surface area contributed by atoms with Gasteiger partial charge in [0, 0.05) is 46.9 Å². The standard InChI is InChI=1S/C27H29N3O3S/c1-19-23(27(33)30-15-2-3-16-30)12-6-13-24(19)29-26(32)20-8-4-9-21(18-20)28-25(31)14-5-10-22-11-7-17-34-22/h4,6-9,11-13,17-18H,2-3,5,10,14-16H2,1H3,(H,28,31)(H,29,32). The number of hydrogen-bond acceptors (Lipinski definition) is 4. The van der Waals surface area contributed by atoms with E-state index in [0.29, 0.717) is 28.9 Å². The number of amides is 3. The maximum atomic E-state index is 12.9. The van der Waals surface area contributed by atoms with Crippen LogP contribution in [0.5, 0.6) is 0 Å². The van der Waals surface area contributed by atoms with Crippen LogP contribution in [0.25, 0.3) is 0 Å². The van der Waals surface area contributed by atoms with Crippen LogP contribution < -0.4 is 10.6 Å². The molecule has 7 heteroatoms. The summed E-state index contributed by atoms with van der Waals surface area (Å²) in [6.45, 7) is 3.41. The Balaban J connectivity index is 1.37. The molecule has 1 saturated heterocycles. The van der Waals surface area contributed by atoms with Crippen molar-refractivity contribution in [3.05, 3.63) is 81.5 Å². The lowest BCUT2D eigenvalue weighted by atomic mass is 10.0. The minimum atomic E-state index is -0.289. The third-order valence-corrected chi connectivity index (χ3v) is 6.96. The Morgan fingerprint density at radius 2 is 1.76 bits per heavy atom. The number of rotatable bonds is 8. The third-order valence-electron chi connectivity index (χ3n) is 6.02. The molecule has 0 unspecified atom stereocenters. The van der Waals surface area contributed by atoms with Crippen LogP contribution in [0, 0.1) is 6.92 Å². The number of hydrogen-bond donors (Lipinski definition) is 2. The van der Waals surface area contributed by atoms with Crippen LogP contribution in [0.15, 0.2) is 60.0 Å². The summed E-state index contributed by atoms with van der Waals surface area (Å²) < 4.78 is 0. The average molecular weight is 476 g/mol. The number of benzene rings is 2. The second-order valence-corrected chi connectivity index (χ2v) is 9.53. The van der Waals surface area contributed by atoms with E-state index in [1.807, 2.05) is 23.3 Å². The van der Waals surface area contributed by atoms with Crippen molar-refractivity contribution in [2.75, 3.05) is 23.7 Å². The Kier molecular flexibility index (Phi) is 7.75. The van der Waals surface area contributed by atoms with Crippen LogP contribution >= 0.6 is 11.3 Å². The summed E-state index contributed by atoms with van der Waals surface area (Å²) in [5.41, 5.74) is 3.00. The molecule has 0 atom stereocenters. The molecule has 0 radical (unpaired) electrons. The Morgan fingerprint density at radius 3 is 2.53 bits per heavy atom. The maximum absolute atomic E-state index is 12.9. The van der Waals surface area contributed by atoms with E-state index in [1.165, 1.54) is 4.88 Å². The summed E-state index contributed by atoms with van der Waals surface area (Å²) >= 11 is 1.70. The summed E-state index contributed by atoms with van der Waals surface area (Å²) in [6, 6.07) is 16.4. The van der Waals surface area contributed by atoms with Gasteiger partial charge in [-0.3, -0.25) is 14.4 Å². The van der Waals surface area contributed by atoms with Crippen molar-refractivity contribution in [3.8, 4) is 0 Å². The van der Waals surface area contributed by atoms with Gasteiger partial charge in [0.05, 0.1) is 0 Å². The Bertz CT molecular complexity index is 1170. The predicted molar refractivity (Wildman–Crippen MR) is 137 cm³/mol. The van der Waals surface area contributed by atoms with Gasteiger partial charge >= 0.3 is 0 Å². The monoisotopic (exact) mass is 475 g/mol. The second-order valence-electron chi connectivity index (χ2n) is 8.49.